The van der Waals surface area contributed by atoms with Gasteiger partial charge in [-0.1, -0.05) is 6.07 Å². The van der Waals surface area contributed by atoms with Gasteiger partial charge in [-0.15, -0.1) is 0 Å². The first-order valence-electron chi connectivity index (χ1n) is 7.07. The lowest BCUT2D eigenvalue weighted by Gasteiger charge is -2.25. The maximum absolute atomic E-state index is 11.4. The van der Waals surface area contributed by atoms with E-state index in [1.54, 1.807) is 19.1 Å². The third kappa shape index (κ3) is 4.16. The van der Waals surface area contributed by atoms with Crippen molar-refractivity contribution in [3.05, 3.63) is 41.0 Å². The van der Waals surface area contributed by atoms with E-state index >= 15 is 0 Å². The lowest BCUT2D eigenvalue weighted by molar-refractivity contribution is -0.183. The molecule has 1 saturated heterocycles. The minimum absolute atomic E-state index is 0.140. The molecular formula is C16H18O6. The van der Waals surface area contributed by atoms with Gasteiger partial charge in [-0.2, -0.15) is 0 Å². The second-order valence-corrected chi connectivity index (χ2v) is 4.66. The Labute approximate surface area is 128 Å². The van der Waals surface area contributed by atoms with Gasteiger partial charge in [-0.05, 0) is 37.1 Å². The summed E-state index contributed by atoms with van der Waals surface area (Å²) in [7, 11) is 0. The Kier molecular flexibility index (Phi) is 5.68. The van der Waals surface area contributed by atoms with E-state index < -0.39 is 18.2 Å². The molecule has 1 heterocycles. The molecule has 0 saturated carbocycles. The van der Waals surface area contributed by atoms with E-state index in [2.05, 4.69) is 0 Å². The average molecular weight is 306 g/mol. The highest BCUT2D eigenvalue weighted by Crippen LogP contribution is 2.28. The number of hydrogen-bond acceptors (Lipinski definition) is 5. The molecule has 6 nitrogen and oxygen atoms in total. The molecule has 1 N–H and O–H groups in total. The van der Waals surface area contributed by atoms with Crippen LogP contribution in [-0.2, 0) is 19.0 Å². The molecule has 1 aliphatic rings. The minimum Gasteiger partial charge on any atom is -0.478 e. The zero-order valence-corrected chi connectivity index (χ0v) is 12.3. The highest BCUT2D eigenvalue weighted by Gasteiger charge is 2.20. The predicted molar refractivity (Wildman–Crippen MR) is 78.3 cm³/mol. The van der Waals surface area contributed by atoms with Crippen LogP contribution in [0.3, 0.4) is 0 Å². The highest BCUT2D eigenvalue weighted by atomic mass is 16.7. The number of carboxylic acids is 1. The zero-order valence-electron chi connectivity index (χ0n) is 12.3. The standard InChI is InChI=1S/C16H18O6/c1-2-20-14(17)7-6-11-4-5-12(15(18)19)10-13(11)16-21-8-3-9-22-16/h4-7,10,16H,2-3,8-9H2,1H3,(H,18,19)/b7-6+. The molecule has 1 aromatic carbocycles. The van der Waals surface area contributed by atoms with E-state index in [9.17, 15) is 9.59 Å². The highest BCUT2D eigenvalue weighted by molar-refractivity contribution is 5.90. The molecule has 6 heteroatoms. The van der Waals surface area contributed by atoms with Crippen molar-refractivity contribution in [2.75, 3.05) is 19.8 Å². The van der Waals surface area contributed by atoms with Crippen molar-refractivity contribution < 1.29 is 28.9 Å². The molecule has 0 unspecified atom stereocenters. The fraction of sp³-hybridized carbons (Fsp3) is 0.375. The van der Waals surface area contributed by atoms with E-state index in [4.69, 9.17) is 19.3 Å². The maximum Gasteiger partial charge on any atom is 0.335 e. The van der Waals surface area contributed by atoms with Crippen LogP contribution in [0.2, 0.25) is 0 Å². The summed E-state index contributed by atoms with van der Waals surface area (Å²) >= 11 is 0. The third-order valence-corrected chi connectivity index (χ3v) is 3.10. The lowest BCUT2D eigenvalue weighted by Crippen LogP contribution is -2.19. The van der Waals surface area contributed by atoms with E-state index in [0.29, 0.717) is 30.9 Å². The fourth-order valence-corrected chi connectivity index (χ4v) is 2.08. The summed E-state index contributed by atoms with van der Waals surface area (Å²) in [6.45, 7) is 3.11. The number of hydrogen-bond donors (Lipinski definition) is 1. The largest absolute Gasteiger partial charge is 0.478 e. The van der Waals surface area contributed by atoms with Gasteiger partial charge in [0.05, 0.1) is 25.4 Å². The summed E-state index contributed by atoms with van der Waals surface area (Å²) in [4.78, 5) is 22.5. The first-order valence-corrected chi connectivity index (χ1v) is 7.07. The zero-order chi connectivity index (χ0) is 15.9. The molecule has 118 valence electrons. The summed E-state index contributed by atoms with van der Waals surface area (Å²) in [5.41, 5.74) is 1.38. The molecular weight excluding hydrogens is 288 g/mol. The first kappa shape index (κ1) is 16.2. The number of benzene rings is 1. The Morgan fingerprint density at radius 3 is 2.73 bits per heavy atom. The van der Waals surface area contributed by atoms with Gasteiger partial charge in [0.2, 0.25) is 0 Å². The van der Waals surface area contributed by atoms with Crippen LogP contribution >= 0.6 is 0 Å². The SMILES string of the molecule is CCOC(=O)/C=C/c1ccc(C(=O)O)cc1C1OCCCO1. The van der Waals surface area contributed by atoms with Gasteiger partial charge in [0.1, 0.15) is 0 Å². The van der Waals surface area contributed by atoms with Crippen molar-refractivity contribution >= 4 is 18.0 Å². The molecule has 0 amide bonds. The normalized spacial score (nSPS) is 15.9. The van der Waals surface area contributed by atoms with E-state index in [0.717, 1.165) is 6.42 Å². The molecule has 0 spiro atoms. The summed E-state index contributed by atoms with van der Waals surface area (Å²) in [6.07, 6.45) is 3.03. The van der Waals surface area contributed by atoms with Crippen LogP contribution in [0.25, 0.3) is 6.08 Å². The smallest absolute Gasteiger partial charge is 0.335 e. The number of carbonyl (C=O) groups excluding carboxylic acids is 1. The number of carbonyl (C=O) groups is 2. The maximum atomic E-state index is 11.4. The van der Waals surface area contributed by atoms with Crippen LogP contribution in [0, 0.1) is 0 Å². The second kappa shape index (κ2) is 7.72. The van der Waals surface area contributed by atoms with Crippen molar-refractivity contribution in [2.24, 2.45) is 0 Å². The van der Waals surface area contributed by atoms with Gasteiger partial charge >= 0.3 is 11.9 Å². The van der Waals surface area contributed by atoms with Crippen LogP contribution < -0.4 is 0 Å². The molecule has 2 rings (SSSR count). The number of aromatic carboxylic acids is 1. The van der Waals surface area contributed by atoms with Crippen LogP contribution in [0.1, 0.15) is 41.1 Å². The molecule has 1 aromatic rings. The third-order valence-electron chi connectivity index (χ3n) is 3.10. The van der Waals surface area contributed by atoms with E-state index in [1.165, 1.54) is 18.2 Å². The molecule has 1 fully saturated rings. The lowest BCUT2D eigenvalue weighted by atomic mass is 10.0. The Balaban J connectivity index is 2.30. The van der Waals surface area contributed by atoms with Gasteiger partial charge in [0.15, 0.2) is 6.29 Å². The number of carboxylic acid groups (broad SMARTS) is 1. The summed E-state index contributed by atoms with van der Waals surface area (Å²) in [5.74, 6) is -1.49. The van der Waals surface area contributed by atoms with E-state index in [-0.39, 0.29) is 5.56 Å². The molecule has 1 aliphatic heterocycles. The Bertz CT molecular complexity index is 572. The van der Waals surface area contributed by atoms with E-state index in [1.807, 2.05) is 0 Å². The van der Waals surface area contributed by atoms with Crippen molar-refractivity contribution in [1.29, 1.82) is 0 Å². The monoisotopic (exact) mass is 306 g/mol. The predicted octanol–water partition coefficient (Wildman–Crippen LogP) is 2.40. The van der Waals surface area contributed by atoms with Crippen molar-refractivity contribution in [1.82, 2.24) is 0 Å². The first-order chi connectivity index (χ1) is 10.6. The van der Waals surface area contributed by atoms with Gasteiger partial charge in [0.25, 0.3) is 0 Å². The molecule has 0 bridgehead atoms. The van der Waals surface area contributed by atoms with Gasteiger partial charge in [-0.25, -0.2) is 9.59 Å². The Morgan fingerprint density at radius 1 is 1.36 bits per heavy atom. The molecule has 0 aromatic heterocycles. The van der Waals surface area contributed by atoms with Gasteiger partial charge < -0.3 is 19.3 Å². The van der Waals surface area contributed by atoms with Gasteiger partial charge in [-0.3, -0.25) is 0 Å². The Hall–Kier alpha value is -2.18. The van der Waals surface area contributed by atoms with Crippen LogP contribution in [0.15, 0.2) is 24.3 Å². The molecule has 0 radical (unpaired) electrons. The second-order valence-electron chi connectivity index (χ2n) is 4.66. The quantitative estimate of drug-likeness (QED) is 0.664. The topological polar surface area (TPSA) is 82.1 Å². The summed E-state index contributed by atoms with van der Waals surface area (Å²) in [6, 6.07) is 4.60. The fourth-order valence-electron chi connectivity index (χ4n) is 2.08. The minimum atomic E-state index is -1.03. The van der Waals surface area contributed by atoms with Crippen molar-refractivity contribution in [3.63, 3.8) is 0 Å². The van der Waals surface area contributed by atoms with Crippen molar-refractivity contribution in [3.8, 4) is 0 Å². The number of ether oxygens (including phenoxy) is 3. The van der Waals surface area contributed by atoms with Crippen LogP contribution in [-0.4, -0.2) is 36.9 Å². The molecule has 0 aliphatic carbocycles. The molecule has 22 heavy (non-hydrogen) atoms. The molecule has 0 atom stereocenters. The summed E-state index contributed by atoms with van der Waals surface area (Å²) in [5, 5.41) is 9.11. The van der Waals surface area contributed by atoms with Crippen molar-refractivity contribution in [2.45, 2.75) is 19.6 Å². The van der Waals surface area contributed by atoms with Crippen LogP contribution in [0.5, 0.6) is 0 Å². The average Bonchev–Trinajstić information content (AvgIpc) is 2.54. The Morgan fingerprint density at radius 2 is 2.09 bits per heavy atom. The number of rotatable bonds is 5. The summed E-state index contributed by atoms with van der Waals surface area (Å²) < 4.78 is 15.9. The van der Waals surface area contributed by atoms with Gasteiger partial charge in [0, 0.05) is 11.6 Å². The van der Waals surface area contributed by atoms with Crippen LogP contribution in [0.4, 0.5) is 0 Å². The number of esters is 1.